The number of allylic oxidation sites excluding steroid dienone is 1. The van der Waals surface area contributed by atoms with Gasteiger partial charge in [-0.2, -0.15) is 0 Å². The number of nitrogens with zero attached hydrogens (tertiary/aromatic N) is 2. The molecule has 0 bridgehead atoms. The second-order valence-corrected chi connectivity index (χ2v) is 7.09. The lowest BCUT2D eigenvalue weighted by Gasteiger charge is -2.39. The van der Waals surface area contributed by atoms with Crippen molar-refractivity contribution in [1.82, 2.24) is 4.90 Å². The van der Waals surface area contributed by atoms with Crippen molar-refractivity contribution >= 4 is 11.7 Å². The van der Waals surface area contributed by atoms with Gasteiger partial charge in [0.1, 0.15) is 5.84 Å². The Morgan fingerprint density at radius 3 is 1.83 bits per heavy atom. The number of benzene rings is 3. The highest BCUT2D eigenvalue weighted by Gasteiger charge is 2.31. The molecule has 146 valence electrons. The average Bonchev–Trinajstić information content (AvgIpc) is 2.78. The fourth-order valence-corrected chi connectivity index (χ4v) is 3.41. The zero-order valence-corrected chi connectivity index (χ0v) is 17.2. The normalized spacial score (nSPS) is 13.8. The van der Waals surface area contributed by atoms with Gasteiger partial charge in [-0.15, -0.1) is 0 Å². The molecule has 1 unspecified atom stereocenters. The summed E-state index contributed by atoms with van der Waals surface area (Å²) in [5.74, 6) is 0.996. The molecule has 0 saturated heterocycles. The van der Waals surface area contributed by atoms with Gasteiger partial charge in [0, 0.05) is 18.2 Å². The molecular formula is C26H27N3. The molecule has 0 saturated carbocycles. The highest BCUT2D eigenvalue weighted by Crippen LogP contribution is 2.30. The Kier molecular flexibility index (Phi) is 6.40. The first-order valence-electron chi connectivity index (χ1n) is 9.77. The number of hydrogen-bond donors (Lipinski definition) is 1. The second kappa shape index (κ2) is 9.16. The van der Waals surface area contributed by atoms with Gasteiger partial charge in [0.15, 0.2) is 5.84 Å². The van der Waals surface area contributed by atoms with Crippen molar-refractivity contribution in [2.24, 2.45) is 4.99 Å². The van der Waals surface area contributed by atoms with Gasteiger partial charge in [0.25, 0.3) is 0 Å². The van der Waals surface area contributed by atoms with Crippen LogP contribution in [0, 0.1) is 5.41 Å². The van der Waals surface area contributed by atoms with Crippen molar-refractivity contribution in [3.05, 3.63) is 120 Å². The molecule has 0 aromatic heterocycles. The van der Waals surface area contributed by atoms with E-state index in [1.165, 1.54) is 0 Å². The fourth-order valence-electron chi connectivity index (χ4n) is 3.41. The molecule has 3 aromatic rings. The second-order valence-electron chi connectivity index (χ2n) is 7.09. The molecule has 0 spiro atoms. The largest absolute Gasteiger partial charge is 0.346 e. The maximum atomic E-state index is 8.58. The van der Waals surface area contributed by atoms with E-state index in [4.69, 9.17) is 10.4 Å². The van der Waals surface area contributed by atoms with Crippen LogP contribution in [0.15, 0.2) is 108 Å². The first-order chi connectivity index (χ1) is 14.1. The van der Waals surface area contributed by atoms with E-state index in [0.717, 1.165) is 22.5 Å². The lowest BCUT2D eigenvalue weighted by atomic mass is 9.89. The van der Waals surface area contributed by atoms with Crippen LogP contribution < -0.4 is 0 Å². The van der Waals surface area contributed by atoms with E-state index in [1.54, 1.807) is 0 Å². The van der Waals surface area contributed by atoms with Crippen LogP contribution in [0.4, 0.5) is 0 Å². The molecule has 0 radical (unpaired) electrons. The minimum atomic E-state index is -0.415. The van der Waals surface area contributed by atoms with Crippen LogP contribution in [0.2, 0.25) is 0 Å². The number of aliphatic imine (C=N–C) groups is 1. The van der Waals surface area contributed by atoms with Crippen molar-refractivity contribution in [3.63, 3.8) is 0 Å². The molecule has 1 atom stereocenters. The van der Waals surface area contributed by atoms with E-state index in [-0.39, 0.29) is 5.84 Å². The van der Waals surface area contributed by atoms with E-state index < -0.39 is 5.54 Å². The van der Waals surface area contributed by atoms with Crippen LogP contribution in [0.3, 0.4) is 0 Å². The van der Waals surface area contributed by atoms with Gasteiger partial charge in [-0.3, -0.25) is 5.41 Å². The summed E-state index contributed by atoms with van der Waals surface area (Å²) in [6.45, 7) is 4.20. The Morgan fingerprint density at radius 2 is 1.31 bits per heavy atom. The number of likely N-dealkylation sites (N-methyl/N-ethyl adjacent to an activating group) is 1. The third kappa shape index (κ3) is 4.52. The van der Waals surface area contributed by atoms with Crippen molar-refractivity contribution in [2.75, 3.05) is 7.05 Å². The van der Waals surface area contributed by atoms with E-state index in [2.05, 4.69) is 48.2 Å². The Balaban J connectivity index is 2.12. The molecule has 3 nitrogen and oxygen atoms in total. The molecule has 29 heavy (non-hydrogen) atoms. The molecule has 0 heterocycles. The molecule has 3 heteroatoms. The average molecular weight is 382 g/mol. The summed E-state index contributed by atoms with van der Waals surface area (Å²) < 4.78 is 0. The zero-order valence-electron chi connectivity index (χ0n) is 17.2. The van der Waals surface area contributed by atoms with Gasteiger partial charge >= 0.3 is 0 Å². The van der Waals surface area contributed by atoms with E-state index >= 15 is 0 Å². The predicted molar refractivity (Wildman–Crippen MR) is 123 cm³/mol. The van der Waals surface area contributed by atoms with Crippen molar-refractivity contribution < 1.29 is 0 Å². The number of amidine groups is 2. The molecule has 0 aliphatic heterocycles. The highest BCUT2D eigenvalue weighted by atomic mass is 15.2. The highest BCUT2D eigenvalue weighted by molar-refractivity contribution is 6.10. The summed E-state index contributed by atoms with van der Waals surface area (Å²) in [7, 11) is 2.04. The summed E-state index contributed by atoms with van der Waals surface area (Å²) in [6.07, 6.45) is 4.24. The summed E-state index contributed by atoms with van der Waals surface area (Å²) in [4.78, 5) is 6.93. The quantitative estimate of drug-likeness (QED) is 0.334. The van der Waals surface area contributed by atoms with Crippen LogP contribution in [-0.2, 0) is 5.54 Å². The van der Waals surface area contributed by atoms with Crippen molar-refractivity contribution in [1.29, 1.82) is 5.41 Å². The maximum absolute atomic E-state index is 8.58. The van der Waals surface area contributed by atoms with Gasteiger partial charge < -0.3 is 4.90 Å². The summed E-state index contributed by atoms with van der Waals surface area (Å²) in [5.41, 5.74) is 2.52. The summed E-state index contributed by atoms with van der Waals surface area (Å²) in [6, 6.07) is 30.1. The first-order valence-corrected chi connectivity index (χ1v) is 9.77. The standard InChI is InChI=1S/C26H27N3/c1-4-20-26(2,23-18-12-7-13-19-23)29(3)25(22-16-10-6-11-17-22)28-24(27)21-14-8-5-9-15-21/h4-20,27H,1-3H3/b20-4-,27-24?,28-25-. The fraction of sp³-hybridized carbons (Fsp3) is 0.154. The van der Waals surface area contributed by atoms with Gasteiger partial charge in [-0.1, -0.05) is 103 Å². The number of rotatable bonds is 5. The molecule has 3 rings (SSSR count). The molecule has 0 aliphatic rings. The maximum Gasteiger partial charge on any atom is 0.154 e. The minimum Gasteiger partial charge on any atom is -0.346 e. The first kappa shape index (κ1) is 20.3. The molecule has 0 amide bonds. The van der Waals surface area contributed by atoms with Crippen LogP contribution in [0.1, 0.15) is 30.5 Å². The lowest BCUT2D eigenvalue weighted by molar-refractivity contribution is 0.300. The smallest absolute Gasteiger partial charge is 0.154 e. The number of nitrogens with one attached hydrogen (secondary N) is 1. The third-order valence-corrected chi connectivity index (χ3v) is 5.16. The lowest BCUT2D eigenvalue weighted by Crippen LogP contribution is -2.44. The molecule has 0 fully saturated rings. The van der Waals surface area contributed by atoms with Gasteiger partial charge in [-0.05, 0) is 19.4 Å². The van der Waals surface area contributed by atoms with Crippen LogP contribution in [-0.4, -0.2) is 23.6 Å². The Hall–Kier alpha value is -3.46. The summed E-state index contributed by atoms with van der Waals surface area (Å²) in [5, 5.41) is 8.58. The summed E-state index contributed by atoms with van der Waals surface area (Å²) >= 11 is 0. The molecular weight excluding hydrogens is 354 g/mol. The van der Waals surface area contributed by atoms with Crippen LogP contribution in [0.5, 0.6) is 0 Å². The van der Waals surface area contributed by atoms with E-state index in [9.17, 15) is 0 Å². The van der Waals surface area contributed by atoms with Gasteiger partial charge in [0.2, 0.25) is 0 Å². The monoisotopic (exact) mass is 381 g/mol. The predicted octanol–water partition coefficient (Wildman–Crippen LogP) is 5.88. The van der Waals surface area contributed by atoms with Crippen molar-refractivity contribution in [3.8, 4) is 0 Å². The van der Waals surface area contributed by atoms with Gasteiger partial charge in [-0.25, -0.2) is 4.99 Å². The van der Waals surface area contributed by atoms with Crippen molar-refractivity contribution in [2.45, 2.75) is 19.4 Å². The van der Waals surface area contributed by atoms with E-state index in [1.807, 2.05) is 80.7 Å². The van der Waals surface area contributed by atoms with Crippen LogP contribution in [0.25, 0.3) is 0 Å². The van der Waals surface area contributed by atoms with Crippen LogP contribution >= 0.6 is 0 Å². The molecule has 3 aromatic carbocycles. The topological polar surface area (TPSA) is 39.5 Å². The molecule has 1 N–H and O–H groups in total. The van der Waals surface area contributed by atoms with Gasteiger partial charge in [0.05, 0.1) is 5.54 Å². The number of hydrogen-bond acceptors (Lipinski definition) is 1. The SMILES string of the molecule is C/C=C\C(C)(c1ccccc1)N(C)/C(=N\C(=N)c1ccccc1)c1ccccc1. The van der Waals surface area contributed by atoms with E-state index in [0.29, 0.717) is 0 Å². The molecule has 0 aliphatic carbocycles. The third-order valence-electron chi connectivity index (χ3n) is 5.16. The zero-order chi connectivity index (χ0) is 20.7. The Labute approximate surface area is 173 Å². The Bertz CT molecular complexity index is 992. The minimum absolute atomic E-state index is 0.243. The Morgan fingerprint density at radius 1 is 0.828 bits per heavy atom.